The fourth-order valence-electron chi connectivity index (χ4n) is 2.27. The van der Waals surface area contributed by atoms with Gasteiger partial charge in [-0.05, 0) is 43.4 Å². The summed E-state index contributed by atoms with van der Waals surface area (Å²) in [5.74, 6) is -2.07. The van der Waals surface area contributed by atoms with Gasteiger partial charge in [0.05, 0.1) is 11.1 Å². The molecule has 21 heavy (non-hydrogen) atoms. The number of ketones is 1. The summed E-state index contributed by atoms with van der Waals surface area (Å²) >= 11 is 0. The molecule has 114 valence electrons. The molecular formula is C16H20O5. The summed E-state index contributed by atoms with van der Waals surface area (Å²) < 4.78 is 0. The number of carboxylic acid groups (broad SMARTS) is 2. The first-order chi connectivity index (χ1) is 9.85. The predicted octanol–water partition coefficient (Wildman–Crippen LogP) is 3.02. The first-order valence-electron chi connectivity index (χ1n) is 6.94. The fraction of sp³-hybridized carbons (Fsp3) is 0.438. The number of Topliss-reactive ketones (excluding diaryl/α,β-unsaturated/α-hetero) is 1. The summed E-state index contributed by atoms with van der Waals surface area (Å²) in [5, 5.41) is 18.1. The number of carboxylic acids is 2. The molecule has 1 rings (SSSR count). The van der Waals surface area contributed by atoms with Gasteiger partial charge in [-0.25, -0.2) is 9.59 Å². The summed E-state index contributed by atoms with van der Waals surface area (Å²) in [6.45, 7) is 3.57. The zero-order valence-corrected chi connectivity index (χ0v) is 12.3. The summed E-state index contributed by atoms with van der Waals surface area (Å²) in [7, 11) is 0. The second-order valence-electron chi connectivity index (χ2n) is 5.21. The van der Waals surface area contributed by atoms with Crippen molar-refractivity contribution < 1.29 is 24.6 Å². The van der Waals surface area contributed by atoms with Crippen LogP contribution in [0.15, 0.2) is 18.2 Å². The van der Waals surface area contributed by atoms with E-state index in [1.54, 1.807) is 13.0 Å². The summed E-state index contributed by atoms with van der Waals surface area (Å²) in [4.78, 5) is 33.2. The van der Waals surface area contributed by atoms with Crippen molar-refractivity contribution in [3.8, 4) is 0 Å². The van der Waals surface area contributed by atoms with Crippen LogP contribution in [-0.2, 0) is 11.2 Å². The summed E-state index contributed by atoms with van der Waals surface area (Å²) in [5.41, 5.74) is 0.386. The molecule has 0 radical (unpaired) electrons. The molecule has 0 aromatic heterocycles. The molecule has 0 amide bonds. The Morgan fingerprint density at radius 3 is 2.19 bits per heavy atom. The fourth-order valence-corrected chi connectivity index (χ4v) is 2.27. The molecule has 0 aliphatic carbocycles. The smallest absolute Gasteiger partial charge is 0.336 e. The number of rotatable bonds is 8. The lowest BCUT2D eigenvalue weighted by Crippen LogP contribution is -2.11. The van der Waals surface area contributed by atoms with Gasteiger partial charge in [0.2, 0.25) is 0 Å². The minimum atomic E-state index is -1.25. The molecule has 0 bridgehead atoms. The highest BCUT2D eigenvalue weighted by molar-refractivity contribution is 6.01. The molecule has 1 aromatic carbocycles. The summed E-state index contributed by atoms with van der Waals surface area (Å²) in [6.07, 6.45) is 2.80. The van der Waals surface area contributed by atoms with Gasteiger partial charge in [-0.1, -0.05) is 19.4 Å². The van der Waals surface area contributed by atoms with Gasteiger partial charge >= 0.3 is 11.9 Å². The molecule has 0 saturated carbocycles. The van der Waals surface area contributed by atoms with Crippen molar-refractivity contribution in [2.24, 2.45) is 5.92 Å². The van der Waals surface area contributed by atoms with E-state index in [1.165, 1.54) is 12.1 Å². The van der Waals surface area contributed by atoms with E-state index in [1.807, 2.05) is 6.92 Å². The SMILES string of the molecule is CCC(CCC(C)=O)Cc1ccc(C(=O)O)c(C(=O)O)c1. The molecule has 0 spiro atoms. The van der Waals surface area contributed by atoms with Crippen molar-refractivity contribution >= 4 is 17.7 Å². The lowest BCUT2D eigenvalue weighted by Gasteiger charge is -2.15. The molecule has 5 heteroatoms. The molecule has 0 aliphatic heterocycles. The maximum Gasteiger partial charge on any atom is 0.336 e. The van der Waals surface area contributed by atoms with Gasteiger partial charge in [-0.3, -0.25) is 0 Å². The van der Waals surface area contributed by atoms with Crippen LogP contribution >= 0.6 is 0 Å². The Morgan fingerprint density at radius 1 is 1.10 bits per heavy atom. The highest BCUT2D eigenvalue weighted by atomic mass is 16.4. The van der Waals surface area contributed by atoms with Crippen molar-refractivity contribution in [2.45, 2.75) is 39.5 Å². The maximum atomic E-state index is 11.1. The molecule has 1 aromatic rings. The molecule has 1 unspecified atom stereocenters. The van der Waals surface area contributed by atoms with E-state index in [2.05, 4.69) is 0 Å². The minimum Gasteiger partial charge on any atom is -0.478 e. The Bertz CT molecular complexity index is 548. The third kappa shape index (κ3) is 5.02. The van der Waals surface area contributed by atoms with Gasteiger partial charge in [0.1, 0.15) is 5.78 Å². The van der Waals surface area contributed by atoms with E-state index in [4.69, 9.17) is 10.2 Å². The molecule has 2 N–H and O–H groups in total. The molecular weight excluding hydrogens is 272 g/mol. The van der Waals surface area contributed by atoms with Crippen molar-refractivity contribution in [3.63, 3.8) is 0 Å². The van der Waals surface area contributed by atoms with E-state index in [9.17, 15) is 14.4 Å². The second kappa shape index (κ2) is 7.57. The number of carbonyl (C=O) groups is 3. The first-order valence-corrected chi connectivity index (χ1v) is 6.94. The third-order valence-corrected chi connectivity index (χ3v) is 3.55. The van der Waals surface area contributed by atoms with Crippen LogP contribution in [0.25, 0.3) is 0 Å². The lowest BCUT2D eigenvalue weighted by atomic mass is 9.90. The Labute approximate surface area is 123 Å². The van der Waals surface area contributed by atoms with E-state index in [0.717, 1.165) is 18.4 Å². The van der Waals surface area contributed by atoms with Gasteiger partial charge in [0.15, 0.2) is 0 Å². The van der Waals surface area contributed by atoms with Crippen molar-refractivity contribution in [1.29, 1.82) is 0 Å². The zero-order valence-electron chi connectivity index (χ0n) is 12.3. The van der Waals surface area contributed by atoms with E-state index in [0.29, 0.717) is 12.8 Å². The van der Waals surface area contributed by atoms with Crippen LogP contribution < -0.4 is 0 Å². The van der Waals surface area contributed by atoms with Gasteiger partial charge < -0.3 is 15.0 Å². The van der Waals surface area contributed by atoms with Gasteiger partial charge in [-0.15, -0.1) is 0 Å². The topological polar surface area (TPSA) is 91.7 Å². The van der Waals surface area contributed by atoms with Crippen molar-refractivity contribution in [1.82, 2.24) is 0 Å². The quantitative estimate of drug-likeness (QED) is 0.768. The Kier molecular flexibility index (Phi) is 6.09. The molecule has 0 saturated heterocycles. The molecule has 0 heterocycles. The van der Waals surface area contributed by atoms with Gasteiger partial charge in [0.25, 0.3) is 0 Å². The largest absolute Gasteiger partial charge is 0.478 e. The van der Waals surface area contributed by atoms with E-state index >= 15 is 0 Å². The number of hydrogen-bond acceptors (Lipinski definition) is 3. The Morgan fingerprint density at radius 2 is 1.71 bits per heavy atom. The molecule has 1 atom stereocenters. The van der Waals surface area contributed by atoms with Crippen LogP contribution in [0.3, 0.4) is 0 Å². The van der Waals surface area contributed by atoms with Crippen LogP contribution in [0.4, 0.5) is 0 Å². The van der Waals surface area contributed by atoms with Crippen LogP contribution in [0.5, 0.6) is 0 Å². The third-order valence-electron chi connectivity index (χ3n) is 3.55. The van der Waals surface area contributed by atoms with E-state index in [-0.39, 0.29) is 22.8 Å². The molecule has 0 fully saturated rings. The highest BCUT2D eigenvalue weighted by Crippen LogP contribution is 2.20. The average Bonchev–Trinajstić information content (AvgIpc) is 2.42. The van der Waals surface area contributed by atoms with Crippen molar-refractivity contribution in [2.75, 3.05) is 0 Å². The zero-order chi connectivity index (χ0) is 16.0. The van der Waals surface area contributed by atoms with Crippen LogP contribution in [-0.4, -0.2) is 27.9 Å². The second-order valence-corrected chi connectivity index (χ2v) is 5.21. The molecule has 0 aliphatic rings. The monoisotopic (exact) mass is 292 g/mol. The van der Waals surface area contributed by atoms with Gasteiger partial charge in [0, 0.05) is 6.42 Å². The predicted molar refractivity (Wildman–Crippen MR) is 77.8 cm³/mol. The standard InChI is InChI=1S/C16H20O5/c1-3-11(5-4-10(2)17)8-12-6-7-13(15(18)19)14(9-12)16(20)21/h6-7,9,11H,3-5,8H2,1-2H3,(H,18,19)(H,20,21). The molecule has 5 nitrogen and oxygen atoms in total. The van der Waals surface area contributed by atoms with E-state index < -0.39 is 11.9 Å². The number of carbonyl (C=O) groups excluding carboxylic acids is 1. The number of benzene rings is 1. The number of hydrogen-bond donors (Lipinski definition) is 2. The normalized spacial score (nSPS) is 11.9. The van der Waals surface area contributed by atoms with Gasteiger partial charge in [-0.2, -0.15) is 0 Å². The van der Waals surface area contributed by atoms with Crippen molar-refractivity contribution in [3.05, 3.63) is 34.9 Å². The summed E-state index contributed by atoms with van der Waals surface area (Å²) in [6, 6.07) is 4.40. The van der Waals surface area contributed by atoms with Crippen LogP contribution in [0.2, 0.25) is 0 Å². The first kappa shape index (κ1) is 16.9. The maximum absolute atomic E-state index is 11.1. The number of aromatic carboxylic acids is 2. The Balaban J connectivity index is 2.93. The van der Waals surface area contributed by atoms with Crippen LogP contribution in [0, 0.1) is 5.92 Å². The minimum absolute atomic E-state index is 0.140. The Hall–Kier alpha value is -2.17. The lowest BCUT2D eigenvalue weighted by molar-refractivity contribution is -0.117. The average molecular weight is 292 g/mol. The van der Waals surface area contributed by atoms with Crippen LogP contribution in [0.1, 0.15) is 59.4 Å². The highest BCUT2D eigenvalue weighted by Gasteiger charge is 2.17.